The van der Waals surface area contributed by atoms with Gasteiger partial charge in [-0.15, -0.1) is 0 Å². The summed E-state index contributed by atoms with van der Waals surface area (Å²) in [7, 11) is 0. The molecule has 2 aliphatic rings. The maximum absolute atomic E-state index is 12.8. The van der Waals surface area contributed by atoms with E-state index in [2.05, 4.69) is 6.92 Å². The average Bonchev–Trinajstić information content (AvgIpc) is 2.78. The molecule has 2 aliphatic carbocycles. The van der Waals surface area contributed by atoms with Gasteiger partial charge < -0.3 is 10.2 Å². The normalized spacial score (nSPS) is 31.2. The van der Waals surface area contributed by atoms with Crippen molar-refractivity contribution in [1.82, 2.24) is 0 Å². The SMILES string of the molecule is CC1=C(C=O)C2C(C1)C(=O)C(CO)=CCC2(C)C/C=C/C(C)(C)O. The molecule has 0 spiro atoms. The molecule has 0 bridgehead atoms. The van der Waals surface area contributed by atoms with Crippen LogP contribution in [0.25, 0.3) is 0 Å². The second kappa shape index (κ2) is 6.77. The van der Waals surface area contributed by atoms with Crippen LogP contribution in [-0.2, 0) is 9.59 Å². The maximum Gasteiger partial charge on any atom is 0.164 e. The lowest BCUT2D eigenvalue weighted by molar-refractivity contribution is -0.121. The molecule has 0 heterocycles. The highest BCUT2D eigenvalue weighted by Gasteiger charge is 2.49. The van der Waals surface area contributed by atoms with Crippen LogP contribution in [-0.4, -0.2) is 34.5 Å². The molecule has 4 heteroatoms. The Labute approximate surface area is 144 Å². The molecule has 3 unspecified atom stereocenters. The third-order valence-corrected chi connectivity index (χ3v) is 5.38. The van der Waals surface area contributed by atoms with Crippen LogP contribution in [0, 0.1) is 17.3 Å². The molecule has 2 N–H and O–H groups in total. The number of carbonyl (C=O) groups excluding carboxylic acids is 2. The van der Waals surface area contributed by atoms with Gasteiger partial charge in [0.2, 0.25) is 0 Å². The minimum absolute atomic E-state index is 0.0334. The van der Waals surface area contributed by atoms with Gasteiger partial charge in [0, 0.05) is 17.4 Å². The first kappa shape index (κ1) is 18.8. The monoisotopic (exact) mass is 332 g/mol. The zero-order chi connectivity index (χ0) is 18.1. The van der Waals surface area contributed by atoms with Gasteiger partial charge in [-0.25, -0.2) is 0 Å². The van der Waals surface area contributed by atoms with E-state index < -0.39 is 5.60 Å². The standard InChI is InChI=1S/C20H28O4/c1-13-10-15-17(16(13)12-22)20(4,8-5-7-19(2,3)24)9-6-14(11-21)18(15)23/h5-7,12,15,17,21,24H,8-11H2,1-4H3/b7-5+. The quantitative estimate of drug-likeness (QED) is 0.600. The molecular weight excluding hydrogens is 304 g/mol. The highest BCUT2D eigenvalue weighted by molar-refractivity contribution is 6.00. The van der Waals surface area contributed by atoms with Crippen molar-refractivity contribution in [2.75, 3.05) is 6.61 Å². The first-order chi connectivity index (χ1) is 11.1. The van der Waals surface area contributed by atoms with Crippen molar-refractivity contribution < 1.29 is 19.8 Å². The molecule has 0 aromatic heterocycles. The second-order valence-electron chi connectivity index (χ2n) is 8.01. The molecule has 0 aromatic carbocycles. The van der Waals surface area contributed by atoms with Gasteiger partial charge in [0.15, 0.2) is 5.78 Å². The summed E-state index contributed by atoms with van der Waals surface area (Å²) in [6, 6.07) is 0. The number of fused-ring (bicyclic) bond motifs is 1. The van der Waals surface area contributed by atoms with E-state index in [1.807, 2.05) is 19.1 Å². The lowest BCUT2D eigenvalue weighted by Crippen LogP contribution is -2.34. The Kier molecular flexibility index (Phi) is 5.31. The van der Waals surface area contributed by atoms with Crippen LogP contribution in [0.4, 0.5) is 0 Å². The lowest BCUT2D eigenvalue weighted by atomic mass is 9.66. The third-order valence-electron chi connectivity index (χ3n) is 5.38. The van der Waals surface area contributed by atoms with E-state index in [0.29, 0.717) is 24.8 Å². The first-order valence-corrected chi connectivity index (χ1v) is 8.52. The molecule has 4 nitrogen and oxygen atoms in total. The molecule has 0 fully saturated rings. The summed E-state index contributed by atoms with van der Waals surface area (Å²) in [6.45, 7) is 7.18. The van der Waals surface area contributed by atoms with E-state index in [9.17, 15) is 19.8 Å². The molecule has 24 heavy (non-hydrogen) atoms. The number of hydrogen-bond donors (Lipinski definition) is 2. The second-order valence-corrected chi connectivity index (χ2v) is 8.01. The minimum atomic E-state index is -0.892. The largest absolute Gasteiger partial charge is 0.392 e. The topological polar surface area (TPSA) is 74.6 Å². The van der Waals surface area contributed by atoms with Gasteiger partial charge in [0.1, 0.15) is 6.29 Å². The Balaban J connectivity index is 2.43. The van der Waals surface area contributed by atoms with Crippen LogP contribution >= 0.6 is 0 Å². The fourth-order valence-corrected chi connectivity index (χ4v) is 4.12. The van der Waals surface area contributed by atoms with Crippen LogP contribution in [0.5, 0.6) is 0 Å². The molecule has 0 aromatic rings. The van der Waals surface area contributed by atoms with Gasteiger partial charge in [-0.05, 0) is 51.0 Å². The van der Waals surface area contributed by atoms with Crippen molar-refractivity contribution in [2.24, 2.45) is 17.3 Å². The van der Waals surface area contributed by atoms with Gasteiger partial charge in [-0.2, -0.15) is 0 Å². The number of ketones is 1. The van der Waals surface area contributed by atoms with Crippen molar-refractivity contribution in [2.45, 2.75) is 52.6 Å². The van der Waals surface area contributed by atoms with Crippen LogP contribution in [0.2, 0.25) is 0 Å². The maximum atomic E-state index is 12.8. The highest BCUT2D eigenvalue weighted by Crippen LogP contribution is 2.52. The summed E-state index contributed by atoms with van der Waals surface area (Å²) >= 11 is 0. The van der Waals surface area contributed by atoms with Crippen molar-refractivity contribution in [3.63, 3.8) is 0 Å². The van der Waals surface area contributed by atoms with Crippen molar-refractivity contribution in [1.29, 1.82) is 0 Å². The number of aldehydes is 1. The predicted molar refractivity (Wildman–Crippen MR) is 93.3 cm³/mol. The fraction of sp³-hybridized carbons (Fsp3) is 0.600. The molecule has 0 saturated carbocycles. The van der Waals surface area contributed by atoms with E-state index in [4.69, 9.17) is 0 Å². The minimum Gasteiger partial charge on any atom is -0.392 e. The molecule has 132 valence electrons. The smallest absolute Gasteiger partial charge is 0.164 e. The predicted octanol–water partition coefficient (Wildman–Crippen LogP) is 2.75. The number of hydrogen-bond acceptors (Lipinski definition) is 4. The summed E-state index contributed by atoms with van der Waals surface area (Å²) in [5.41, 5.74) is 0.982. The molecule has 3 atom stereocenters. The van der Waals surface area contributed by atoms with Gasteiger partial charge >= 0.3 is 0 Å². The molecule has 0 saturated heterocycles. The zero-order valence-corrected chi connectivity index (χ0v) is 15.0. The van der Waals surface area contributed by atoms with Crippen LogP contribution < -0.4 is 0 Å². The molecule has 0 radical (unpaired) electrons. The van der Waals surface area contributed by atoms with Crippen LogP contribution in [0.15, 0.2) is 34.9 Å². The highest BCUT2D eigenvalue weighted by atomic mass is 16.3. The third kappa shape index (κ3) is 3.60. The summed E-state index contributed by atoms with van der Waals surface area (Å²) in [4.78, 5) is 24.4. The Bertz CT molecular complexity index is 618. The first-order valence-electron chi connectivity index (χ1n) is 8.52. The zero-order valence-electron chi connectivity index (χ0n) is 15.0. The number of aliphatic hydroxyl groups is 2. The van der Waals surface area contributed by atoms with Gasteiger partial charge in [0.25, 0.3) is 0 Å². The van der Waals surface area contributed by atoms with E-state index in [1.165, 1.54) is 0 Å². The summed E-state index contributed by atoms with van der Waals surface area (Å²) in [5, 5.41) is 19.4. The Hall–Kier alpha value is -1.52. The van der Waals surface area contributed by atoms with E-state index >= 15 is 0 Å². The summed E-state index contributed by atoms with van der Waals surface area (Å²) in [5.74, 6) is -0.449. The number of Topliss-reactive ketones (excluding diaryl/α,β-unsaturated/α-hetero) is 1. The molecular formula is C20H28O4. The van der Waals surface area contributed by atoms with E-state index in [1.54, 1.807) is 19.9 Å². The Morgan fingerprint density at radius 1 is 1.42 bits per heavy atom. The van der Waals surface area contributed by atoms with Crippen molar-refractivity contribution >= 4 is 12.1 Å². The average molecular weight is 332 g/mol. The van der Waals surface area contributed by atoms with Crippen molar-refractivity contribution in [3.8, 4) is 0 Å². The number of aliphatic hydroxyl groups excluding tert-OH is 1. The van der Waals surface area contributed by atoms with Gasteiger partial charge in [-0.3, -0.25) is 9.59 Å². The summed E-state index contributed by atoms with van der Waals surface area (Å²) < 4.78 is 0. The Morgan fingerprint density at radius 3 is 2.62 bits per heavy atom. The van der Waals surface area contributed by atoms with E-state index in [0.717, 1.165) is 17.4 Å². The molecule has 0 amide bonds. The van der Waals surface area contributed by atoms with Gasteiger partial charge in [0.05, 0.1) is 12.2 Å². The number of allylic oxidation sites excluding steroid dienone is 4. The fourth-order valence-electron chi connectivity index (χ4n) is 4.12. The van der Waals surface area contributed by atoms with Crippen LogP contribution in [0.3, 0.4) is 0 Å². The van der Waals surface area contributed by atoms with Crippen LogP contribution in [0.1, 0.15) is 47.0 Å². The van der Waals surface area contributed by atoms with E-state index in [-0.39, 0.29) is 29.6 Å². The number of carbonyl (C=O) groups is 2. The van der Waals surface area contributed by atoms with Crippen molar-refractivity contribution in [3.05, 3.63) is 34.9 Å². The summed E-state index contributed by atoms with van der Waals surface area (Å²) in [6.07, 6.45) is 8.28. The number of rotatable bonds is 5. The van der Waals surface area contributed by atoms with Gasteiger partial charge in [-0.1, -0.05) is 30.7 Å². The molecule has 0 aliphatic heterocycles. The molecule has 2 rings (SSSR count). The Morgan fingerprint density at radius 2 is 2.08 bits per heavy atom. The lowest BCUT2D eigenvalue weighted by Gasteiger charge is -2.37.